The van der Waals surface area contributed by atoms with Crippen molar-refractivity contribution in [2.75, 3.05) is 13.3 Å². The van der Waals surface area contributed by atoms with E-state index in [-0.39, 0.29) is 29.7 Å². The molecule has 0 saturated heterocycles. The number of sulfone groups is 1. The molecule has 0 fully saturated rings. The van der Waals surface area contributed by atoms with Crippen LogP contribution in [0, 0.1) is 0 Å². The highest BCUT2D eigenvalue weighted by molar-refractivity contribution is 7.90. The molecule has 0 radical (unpaired) electrons. The van der Waals surface area contributed by atoms with Gasteiger partial charge in [-0.1, -0.05) is 30.3 Å². The molecule has 0 bridgehead atoms. The average molecular weight is 452 g/mol. The summed E-state index contributed by atoms with van der Waals surface area (Å²) in [5.41, 5.74) is 1.84. The molecule has 3 heterocycles. The SMILES string of the molecule is CCOC(=O)c1nn(-c2cccc(C3(C)N=NCO3)c2)c2c1CS(=O)(=O)c1ccccc1-2. The summed E-state index contributed by atoms with van der Waals surface area (Å²) in [6.07, 6.45) is 0. The number of carbonyl (C=O) groups excluding carboxylic acids is 1. The van der Waals surface area contributed by atoms with Crippen LogP contribution >= 0.6 is 0 Å². The fraction of sp³-hybridized carbons (Fsp3) is 0.273. The van der Waals surface area contributed by atoms with Crippen LogP contribution in [-0.4, -0.2) is 37.5 Å². The van der Waals surface area contributed by atoms with Gasteiger partial charge in [-0.2, -0.15) is 15.3 Å². The van der Waals surface area contributed by atoms with Crippen molar-refractivity contribution in [3.63, 3.8) is 0 Å². The molecule has 0 saturated carbocycles. The number of rotatable bonds is 4. The van der Waals surface area contributed by atoms with Gasteiger partial charge in [0.15, 0.2) is 22.3 Å². The van der Waals surface area contributed by atoms with Gasteiger partial charge in [0.2, 0.25) is 5.72 Å². The predicted molar refractivity (Wildman–Crippen MR) is 114 cm³/mol. The fourth-order valence-corrected chi connectivity index (χ4v) is 5.62. The second-order valence-corrected chi connectivity index (χ2v) is 9.57. The third-order valence-corrected chi connectivity index (χ3v) is 7.25. The number of azo groups is 1. The van der Waals surface area contributed by atoms with Crippen LogP contribution in [0.1, 0.15) is 35.5 Å². The second kappa shape index (κ2) is 7.35. The van der Waals surface area contributed by atoms with E-state index in [0.717, 1.165) is 5.56 Å². The van der Waals surface area contributed by atoms with Crippen LogP contribution in [0.2, 0.25) is 0 Å². The van der Waals surface area contributed by atoms with Gasteiger partial charge in [0.05, 0.1) is 28.6 Å². The maximum absolute atomic E-state index is 13.0. The first-order valence-corrected chi connectivity index (χ1v) is 11.7. The Hall–Kier alpha value is -3.37. The molecular weight excluding hydrogens is 432 g/mol. The van der Waals surface area contributed by atoms with Gasteiger partial charge in [0.25, 0.3) is 0 Å². The maximum Gasteiger partial charge on any atom is 0.359 e. The molecule has 1 atom stereocenters. The van der Waals surface area contributed by atoms with Gasteiger partial charge in [-0.25, -0.2) is 17.9 Å². The lowest BCUT2D eigenvalue weighted by atomic mass is 10.0. The predicted octanol–water partition coefficient (Wildman–Crippen LogP) is 3.62. The average Bonchev–Trinajstić information content (AvgIpc) is 3.39. The van der Waals surface area contributed by atoms with E-state index in [1.807, 2.05) is 31.2 Å². The van der Waals surface area contributed by atoms with Gasteiger partial charge in [-0.15, -0.1) is 0 Å². The van der Waals surface area contributed by atoms with E-state index in [2.05, 4.69) is 15.3 Å². The fourth-order valence-electron chi connectivity index (χ4n) is 4.03. The van der Waals surface area contributed by atoms with Crippen LogP contribution in [0.3, 0.4) is 0 Å². The zero-order valence-corrected chi connectivity index (χ0v) is 18.3. The molecule has 10 heteroatoms. The first kappa shape index (κ1) is 20.5. The molecule has 9 nitrogen and oxygen atoms in total. The maximum atomic E-state index is 13.0. The molecule has 0 aliphatic carbocycles. The quantitative estimate of drug-likeness (QED) is 0.559. The highest BCUT2D eigenvalue weighted by atomic mass is 32.2. The van der Waals surface area contributed by atoms with Crippen molar-refractivity contribution in [1.29, 1.82) is 0 Å². The van der Waals surface area contributed by atoms with E-state index in [9.17, 15) is 13.2 Å². The van der Waals surface area contributed by atoms with Crippen LogP contribution < -0.4 is 0 Å². The van der Waals surface area contributed by atoms with E-state index in [1.54, 1.807) is 35.9 Å². The van der Waals surface area contributed by atoms with Crippen LogP contribution in [0.5, 0.6) is 0 Å². The number of benzene rings is 2. The number of aromatic nitrogens is 2. The first-order chi connectivity index (χ1) is 15.3. The summed E-state index contributed by atoms with van der Waals surface area (Å²) in [7, 11) is -3.63. The van der Waals surface area contributed by atoms with E-state index in [4.69, 9.17) is 9.47 Å². The smallest absolute Gasteiger partial charge is 0.359 e. The van der Waals surface area contributed by atoms with E-state index in [1.165, 1.54) is 0 Å². The highest BCUT2D eigenvalue weighted by Gasteiger charge is 2.37. The number of carbonyl (C=O) groups is 1. The zero-order valence-electron chi connectivity index (χ0n) is 17.5. The van der Waals surface area contributed by atoms with Gasteiger partial charge < -0.3 is 9.47 Å². The zero-order chi connectivity index (χ0) is 22.5. The second-order valence-electron chi connectivity index (χ2n) is 7.61. The molecular formula is C22H20N4O5S. The number of ether oxygens (including phenoxy) is 2. The number of nitrogens with zero attached hydrogens (tertiary/aromatic N) is 4. The Labute approximate surface area is 184 Å². The van der Waals surface area contributed by atoms with Crippen LogP contribution in [-0.2, 0) is 30.8 Å². The summed E-state index contributed by atoms with van der Waals surface area (Å²) in [6.45, 7) is 3.83. The third-order valence-electron chi connectivity index (χ3n) is 5.56. The molecule has 0 N–H and O–H groups in total. The lowest BCUT2D eigenvalue weighted by Crippen LogP contribution is -2.19. The lowest BCUT2D eigenvalue weighted by Gasteiger charge is -2.21. The summed E-state index contributed by atoms with van der Waals surface area (Å²) in [5.74, 6) is -0.990. The minimum atomic E-state index is -3.63. The summed E-state index contributed by atoms with van der Waals surface area (Å²) in [5, 5.41) is 12.6. The van der Waals surface area contributed by atoms with Gasteiger partial charge >= 0.3 is 5.97 Å². The Kier molecular flexibility index (Phi) is 4.72. The number of hydrogen-bond donors (Lipinski definition) is 0. The molecule has 2 aromatic carbocycles. The van der Waals surface area contributed by atoms with Crippen molar-refractivity contribution in [1.82, 2.24) is 9.78 Å². The third kappa shape index (κ3) is 3.14. The van der Waals surface area contributed by atoms with Crippen molar-refractivity contribution in [3.05, 3.63) is 65.4 Å². The molecule has 2 aliphatic heterocycles. The van der Waals surface area contributed by atoms with Gasteiger partial charge in [0, 0.05) is 16.7 Å². The topological polar surface area (TPSA) is 112 Å². The minimum absolute atomic E-state index is 0.00616. The van der Waals surface area contributed by atoms with Crippen LogP contribution in [0.4, 0.5) is 0 Å². The lowest BCUT2D eigenvalue weighted by molar-refractivity contribution is 0.00815. The van der Waals surface area contributed by atoms with Gasteiger partial charge in [-0.3, -0.25) is 0 Å². The number of hydrogen-bond acceptors (Lipinski definition) is 8. The largest absolute Gasteiger partial charge is 0.461 e. The monoisotopic (exact) mass is 452 g/mol. The Bertz CT molecular complexity index is 1380. The number of fused-ring (bicyclic) bond motifs is 3. The number of esters is 1. The van der Waals surface area contributed by atoms with Crippen molar-refractivity contribution >= 4 is 15.8 Å². The van der Waals surface area contributed by atoms with Crippen molar-refractivity contribution in [2.24, 2.45) is 10.2 Å². The Balaban J connectivity index is 1.76. The molecule has 0 amide bonds. The molecule has 0 spiro atoms. The molecule has 164 valence electrons. The van der Waals surface area contributed by atoms with Crippen LogP contribution in [0.15, 0.2) is 63.7 Å². The normalized spacial score (nSPS) is 20.6. The Morgan fingerprint density at radius 3 is 2.78 bits per heavy atom. The van der Waals surface area contributed by atoms with Crippen molar-refractivity contribution in [2.45, 2.75) is 30.2 Å². The minimum Gasteiger partial charge on any atom is -0.461 e. The molecule has 5 rings (SSSR count). The molecule has 1 aromatic heterocycles. The summed E-state index contributed by atoms with van der Waals surface area (Å²) >= 11 is 0. The standard InChI is InChI=1S/C22H20N4O5S/c1-3-30-21(27)19-17-12-32(28,29)18-10-5-4-9-16(18)20(17)26(24-19)15-8-6-7-14(11-15)22(2)25-23-13-31-22/h4-11H,3,12-13H2,1-2H3. The summed E-state index contributed by atoms with van der Waals surface area (Å²) < 4.78 is 38.3. The summed E-state index contributed by atoms with van der Waals surface area (Å²) in [6, 6.07) is 14.1. The van der Waals surface area contributed by atoms with E-state index >= 15 is 0 Å². The first-order valence-electron chi connectivity index (χ1n) is 10.1. The van der Waals surface area contributed by atoms with Crippen molar-refractivity contribution in [3.8, 4) is 16.9 Å². The molecule has 1 unspecified atom stereocenters. The molecule has 32 heavy (non-hydrogen) atoms. The molecule has 2 aliphatic rings. The highest BCUT2D eigenvalue weighted by Crippen LogP contribution is 2.41. The summed E-state index contributed by atoms with van der Waals surface area (Å²) in [4.78, 5) is 12.9. The molecule has 3 aromatic rings. The van der Waals surface area contributed by atoms with Crippen LogP contribution in [0.25, 0.3) is 16.9 Å². The van der Waals surface area contributed by atoms with Gasteiger partial charge in [0.1, 0.15) is 0 Å². The van der Waals surface area contributed by atoms with E-state index in [0.29, 0.717) is 22.5 Å². The van der Waals surface area contributed by atoms with Gasteiger partial charge in [-0.05, 0) is 32.0 Å². The van der Waals surface area contributed by atoms with E-state index < -0.39 is 21.5 Å². The Morgan fingerprint density at radius 2 is 2.03 bits per heavy atom. The van der Waals surface area contributed by atoms with Crippen molar-refractivity contribution < 1.29 is 22.7 Å². The Morgan fingerprint density at radius 1 is 1.22 bits per heavy atom.